The molecule has 118 valence electrons. The molecule has 0 aromatic heterocycles. The van der Waals surface area contributed by atoms with Gasteiger partial charge in [-0.1, -0.05) is 0 Å². The van der Waals surface area contributed by atoms with Gasteiger partial charge in [-0.05, 0) is 24.6 Å². The molecular weight excluding hydrogens is 296 g/mol. The number of rotatable bonds is 5. The monoisotopic (exact) mass is 316 g/mol. The number of β-amino-alcohol motifs (C(OH)–C–C–N with tert-alkyl or cyclic N) is 1. The Labute approximate surface area is 130 Å². The van der Waals surface area contributed by atoms with Crippen molar-refractivity contribution in [1.82, 2.24) is 10.6 Å². The van der Waals surface area contributed by atoms with E-state index in [1.54, 1.807) is 26.4 Å². The maximum absolute atomic E-state index is 12.0. The lowest BCUT2D eigenvalue weighted by Gasteiger charge is -2.14. The first kappa shape index (κ1) is 17.6. The van der Waals surface area contributed by atoms with Gasteiger partial charge in [-0.3, -0.25) is 4.79 Å². The molecule has 3 N–H and O–H groups in total. The molecule has 2 rings (SSSR count). The number of hydrogen-bond donors (Lipinski definition) is 3. The lowest BCUT2D eigenvalue weighted by Crippen LogP contribution is -2.40. The van der Waals surface area contributed by atoms with Crippen LogP contribution in [0.1, 0.15) is 12.0 Å². The normalized spacial score (nSPS) is 20.5. The van der Waals surface area contributed by atoms with Crippen molar-refractivity contribution in [3.63, 3.8) is 0 Å². The summed E-state index contributed by atoms with van der Waals surface area (Å²) in [5, 5.41) is 15.2. The van der Waals surface area contributed by atoms with E-state index in [9.17, 15) is 9.90 Å². The van der Waals surface area contributed by atoms with Crippen molar-refractivity contribution in [2.24, 2.45) is 0 Å². The Kier molecular flexibility index (Phi) is 6.74. The molecule has 0 spiro atoms. The minimum Gasteiger partial charge on any atom is -0.497 e. The summed E-state index contributed by atoms with van der Waals surface area (Å²) in [6.45, 7) is 0.814. The van der Waals surface area contributed by atoms with Gasteiger partial charge in [0.2, 0.25) is 5.91 Å². The van der Waals surface area contributed by atoms with Crippen molar-refractivity contribution in [3.05, 3.63) is 23.8 Å². The third-order valence-corrected chi connectivity index (χ3v) is 3.36. The molecule has 1 heterocycles. The molecule has 2 unspecified atom stereocenters. The highest BCUT2D eigenvalue weighted by Gasteiger charge is 2.27. The average Bonchev–Trinajstić information content (AvgIpc) is 2.91. The lowest BCUT2D eigenvalue weighted by atomic mass is 10.1. The molecular formula is C14H21ClN2O4. The molecule has 0 bridgehead atoms. The van der Waals surface area contributed by atoms with E-state index < -0.39 is 6.10 Å². The van der Waals surface area contributed by atoms with Crippen LogP contribution in [0.2, 0.25) is 0 Å². The zero-order valence-corrected chi connectivity index (χ0v) is 12.9. The zero-order chi connectivity index (χ0) is 14.5. The molecule has 1 aromatic carbocycles. The van der Waals surface area contributed by atoms with Gasteiger partial charge in [0.25, 0.3) is 0 Å². The fraction of sp³-hybridized carbons (Fsp3) is 0.500. The summed E-state index contributed by atoms with van der Waals surface area (Å²) in [6.07, 6.45) is -0.00161. The standard InChI is InChI=1S/C14H20N2O4.ClH/c1-19-11-3-4-13(20-2)9(5-11)7-16-14(18)12-6-10(17)8-15-12;/h3-5,10,12,15,17H,6-8H2,1-2H3,(H,16,18);1H. The average molecular weight is 317 g/mol. The van der Waals surface area contributed by atoms with E-state index in [4.69, 9.17) is 9.47 Å². The number of carbonyl (C=O) groups excluding carboxylic acids is 1. The Hall–Kier alpha value is -1.50. The van der Waals surface area contributed by atoms with Crippen LogP contribution in [0.5, 0.6) is 11.5 Å². The summed E-state index contributed by atoms with van der Waals surface area (Å²) in [5.41, 5.74) is 0.846. The van der Waals surface area contributed by atoms with Gasteiger partial charge in [0.15, 0.2) is 0 Å². The predicted octanol–water partition coefficient (Wildman–Crippen LogP) is 0.465. The van der Waals surface area contributed by atoms with Gasteiger partial charge in [-0.15, -0.1) is 12.4 Å². The first-order chi connectivity index (χ1) is 9.63. The largest absolute Gasteiger partial charge is 0.497 e. The fourth-order valence-electron chi connectivity index (χ4n) is 2.24. The molecule has 2 atom stereocenters. The van der Waals surface area contributed by atoms with Crippen LogP contribution in [0.3, 0.4) is 0 Å². The first-order valence-corrected chi connectivity index (χ1v) is 6.54. The van der Waals surface area contributed by atoms with Crippen LogP contribution in [-0.4, -0.2) is 43.9 Å². The second-order valence-electron chi connectivity index (χ2n) is 4.75. The van der Waals surface area contributed by atoms with E-state index in [0.717, 1.165) is 5.56 Å². The van der Waals surface area contributed by atoms with Crippen molar-refractivity contribution >= 4 is 18.3 Å². The Morgan fingerprint density at radius 1 is 1.43 bits per heavy atom. The summed E-state index contributed by atoms with van der Waals surface area (Å²) in [7, 11) is 3.18. The lowest BCUT2D eigenvalue weighted by molar-refractivity contribution is -0.123. The van der Waals surface area contributed by atoms with E-state index in [1.807, 2.05) is 6.07 Å². The van der Waals surface area contributed by atoms with Gasteiger partial charge in [0, 0.05) is 18.7 Å². The highest BCUT2D eigenvalue weighted by atomic mass is 35.5. The molecule has 1 fully saturated rings. The molecule has 1 saturated heterocycles. The van der Waals surface area contributed by atoms with E-state index in [2.05, 4.69) is 10.6 Å². The summed E-state index contributed by atoms with van der Waals surface area (Å²) >= 11 is 0. The summed E-state index contributed by atoms with van der Waals surface area (Å²) < 4.78 is 10.4. The smallest absolute Gasteiger partial charge is 0.237 e. The molecule has 1 aromatic rings. The number of methoxy groups -OCH3 is 2. The maximum atomic E-state index is 12.0. The maximum Gasteiger partial charge on any atom is 0.237 e. The fourth-order valence-corrected chi connectivity index (χ4v) is 2.24. The molecule has 1 aliphatic heterocycles. The van der Waals surface area contributed by atoms with E-state index in [-0.39, 0.29) is 24.4 Å². The van der Waals surface area contributed by atoms with Gasteiger partial charge in [0.1, 0.15) is 11.5 Å². The quantitative estimate of drug-likeness (QED) is 0.735. The van der Waals surface area contributed by atoms with E-state index >= 15 is 0 Å². The van der Waals surface area contributed by atoms with Crippen LogP contribution in [-0.2, 0) is 11.3 Å². The minimum atomic E-state index is -0.447. The van der Waals surface area contributed by atoms with Crippen LogP contribution in [0.15, 0.2) is 18.2 Å². The first-order valence-electron chi connectivity index (χ1n) is 6.54. The number of aliphatic hydroxyl groups is 1. The number of nitrogens with one attached hydrogen (secondary N) is 2. The second-order valence-corrected chi connectivity index (χ2v) is 4.75. The molecule has 1 amide bonds. The van der Waals surface area contributed by atoms with Crippen molar-refractivity contribution in [3.8, 4) is 11.5 Å². The molecule has 7 heteroatoms. The molecule has 0 aliphatic carbocycles. The van der Waals surface area contributed by atoms with Crippen LogP contribution < -0.4 is 20.1 Å². The van der Waals surface area contributed by atoms with E-state index in [1.165, 1.54) is 0 Å². The van der Waals surface area contributed by atoms with Crippen LogP contribution >= 0.6 is 12.4 Å². The molecule has 6 nitrogen and oxygen atoms in total. The number of hydrogen-bond acceptors (Lipinski definition) is 5. The third-order valence-electron chi connectivity index (χ3n) is 3.36. The topological polar surface area (TPSA) is 79.8 Å². The minimum absolute atomic E-state index is 0. The Morgan fingerprint density at radius 2 is 2.19 bits per heavy atom. The number of ether oxygens (including phenoxy) is 2. The summed E-state index contributed by atoms with van der Waals surface area (Å²) in [4.78, 5) is 12.0. The molecule has 0 saturated carbocycles. The van der Waals surface area contributed by atoms with Gasteiger partial charge in [0.05, 0.1) is 26.4 Å². The van der Waals surface area contributed by atoms with Crippen LogP contribution in [0, 0.1) is 0 Å². The third kappa shape index (κ3) is 4.49. The number of halogens is 1. The number of amides is 1. The highest BCUT2D eigenvalue weighted by Crippen LogP contribution is 2.23. The molecule has 21 heavy (non-hydrogen) atoms. The van der Waals surface area contributed by atoms with E-state index in [0.29, 0.717) is 31.0 Å². The summed E-state index contributed by atoms with van der Waals surface area (Å²) in [5.74, 6) is 1.29. The second kappa shape index (κ2) is 8.07. The number of benzene rings is 1. The van der Waals surface area contributed by atoms with Crippen molar-refractivity contribution in [1.29, 1.82) is 0 Å². The van der Waals surface area contributed by atoms with Crippen molar-refractivity contribution < 1.29 is 19.4 Å². The molecule has 0 radical (unpaired) electrons. The number of carbonyl (C=O) groups is 1. The van der Waals surface area contributed by atoms with Crippen molar-refractivity contribution in [2.75, 3.05) is 20.8 Å². The predicted molar refractivity (Wildman–Crippen MR) is 81.1 cm³/mol. The van der Waals surface area contributed by atoms with Gasteiger partial charge in [-0.2, -0.15) is 0 Å². The molecule has 1 aliphatic rings. The number of aliphatic hydroxyl groups excluding tert-OH is 1. The Balaban J connectivity index is 0.00000220. The van der Waals surface area contributed by atoms with Crippen LogP contribution in [0.25, 0.3) is 0 Å². The van der Waals surface area contributed by atoms with Gasteiger partial charge >= 0.3 is 0 Å². The highest BCUT2D eigenvalue weighted by molar-refractivity contribution is 5.85. The van der Waals surface area contributed by atoms with Gasteiger partial charge in [-0.25, -0.2) is 0 Å². The Morgan fingerprint density at radius 3 is 2.76 bits per heavy atom. The SMILES string of the molecule is COc1ccc(OC)c(CNC(=O)C2CC(O)CN2)c1.Cl. The Bertz CT molecular complexity index is 484. The summed E-state index contributed by atoms with van der Waals surface area (Å²) in [6, 6.07) is 5.11. The van der Waals surface area contributed by atoms with Crippen molar-refractivity contribution in [2.45, 2.75) is 25.1 Å². The van der Waals surface area contributed by atoms with Crippen LogP contribution in [0.4, 0.5) is 0 Å². The zero-order valence-electron chi connectivity index (χ0n) is 12.1. The van der Waals surface area contributed by atoms with Gasteiger partial charge < -0.3 is 25.2 Å².